The molecular weight excluding hydrogens is 182 g/mol. The van der Waals surface area contributed by atoms with Gasteiger partial charge in [-0.2, -0.15) is 0 Å². The number of rotatable bonds is 4. The highest BCUT2D eigenvalue weighted by molar-refractivity contribution is 5.69. The van der Waals surface area contributed by atoms with Crippen LogP contribution in [-0.4, -0.2) is 46.8 Å². The number of likely N-dealkylation sites (N-methyl/N-ethyl adjacent to an activating group) is 1. The SMILES string of the molecule is CN(CC(=O)O)CC1(O)CCCCC1. The van der Waals surface area contributed by atoms with E-state index in [1.165, 1.54) is 6.42 Å². The van der Waals surface area contributed by atoms with Crippen molar-refractivity contribution >= 4 is 5.97 Å². The maximum atomic E-state index is 10.4. The molecule has 4 heteroatoms. The van der Waals surface area contributed by atoms with Crippen molar-refractivity contribution in [3.8, 4) is 0 Å². The lowest BCUT2D eigenvalue weighted by Gasteiger charge is -2.35. The Morgan fingerprint density at radius 3 is 2.43 bits per heavy atom. The first-order valence-corrected chi connectivity index (χ1v) is 5.15. The Bertz CT molecular complexity index is 200. The summed E-state index contributed by atoms with van der Waals surface area (Å²) in [5.41, 5.74) is -0.650. The van der Waals surface area contributed by atoms with Gasteiger partial charge in [-0.15, -0.1) is 0 Å². The van der Waals surface area contributed by atoms with Gasteiger partial charge in [-0.3, -0.25) is 9.69 Å². The number of hydrogen-bond acceptors (Lipinski definition) is 3. The van der Waals surface area contributed by atoms with Crippen LogP contribution in [0.1, 0.15) is 32.1 Å². The van der Waals surface area contributed by atoms with E-state index in [-0.39, 0.29) is 6.54 Å². The monoisotopic (exact) mass is 201 g/mol. The molecule has 0 aromatic heterocycles. The summed E-state index contributed by atoms with van der Waals surface area (Å²) in [6.45, 7) is 0.474. The van der Waals surface area contributed by atoms with Gasteiger partial charge in [0.15, 0.2) is 0 Å². The summed E-state index contributed by atoms with van der Waals surface area (Å²) in [5.74, 6) is -0.841. The van der Waals surface area contributed by atoms with E-state index in [0.717, 1.165) is 25.7 Å². The van der Waals surface area contributed by atoms with Crippen LogP contribution >= 0.6 is 0 Å². The lowest BCUT2D eigenvalue weighted by Crippen LogP contribution is -2.44. The molecule has 0 saturated heterocycles. The van der Waals surface area contributed by atoms with Gasteiger partial charge in [0.2, 0.25) is 0 Å². The second-order valence-electron chi connectivity index (χ2n) is 4.35. The number of carboxylic acids is 1. The van der Waals surface area contributed by atoms with Crippen LogP contribution in [-0.2, 0) is 4.79 Å². The minimum atomic E-state index is -0.841. The van der Waals surface area contributed by atoms with Crippen LogP contribution in [0.5, 0.6) is 0 Å². The Hall–Kier alpha value is -0.610. The van der Waals surface area contributed by atoms with Crippen LogP contribution in [0.2, 0.25) is 0 Å². The molecule has 0 amide bonds. The van der Waals surface area contributed by atoms with Gasteiger partial charge in [-0.05, 0) is 19.9 Å². The summed E-state index contributed by atoms with van der Waals surface area (Å²) >= 11 is 0. The molecule has 0 radical (unpaired) electrons. The molecule has 2 N–H and O–H groups in total. The van der Waals surface area contributed by atoms with Crippen LogP contribution in [0.25, 0.3) is 0 Å². The van der Waals surface area contributed by atoms with Gasteiger partial charge in [0.1, 0.15) is 0 Å². The van der Waals surface area contributed by atoms with E-state index in [0.29, 0.717) is 6.54 Å². The first kappa shape index (κ1) is 11.5. The highest BCUT2D eigenvalue weighted by atomic mass is 16.4. The number of carbonyl (C=O) groups is 1. The lowest BCUT2D eigenvalue weighted by molar-refractivity contribution is -0.138. The average molecular weight is 201 g/mol. The first-order chi connectivity index (χ1) is 6.52. The van der Waals surface area contributed by atoms with Crippen molar-refractivity contribution in [1.29, 1.82) is 0 Å². The van der Waals surface area contributed by atoms with Crippen molar-refractivity contribution in [3.63, 3.8) is 0 Å². The third kappa shape index (κ3) is 3.64. The fourth-order valence-electron chi connectivity index (χ4n) is 2.16. The van der Waals surface area contributed by atoms with Crippen molar-refractivity contribution in [2.75, 3.05) is 20.1 Å². The Labute approximate surface area is 84.5 Å². The predicted molar refractivity (Wildman–Crippen MR) is 53.2 cm³/mol. The van der Waals surface area contributed by atoms with Crippen LogP contribution < -0.4 is 0 Å². The minimum Gasteiger partial charge on any atom is -0.480 e. The van der Waals surface area contributed by atoms with E-state index in [9.17, 15) is 9.90 Å². The molecule has 0 aromatic carbocycles. The van der Waals surface area contributed by atoms with Crippen LogP contribution in [0.3, 0.4) is 0 Å². The normalized spacial score (nSPS) is 21.1. The number of nitrogens with zero attached hydrogens (tertiary/aromatic N) is 1. The Kier molecular flexibility index (Phi) is 3.89. The number of aliphatic carboxylic acids is 1. The maximum Gasteiger partial charge on any atom is 0.317 e. The van der Waals surface area contributed by atoms with E-state index < -0.39 is 11.6 Å². The van der Waals surface area contributed by atoms with Crippen molar-refractivity contribution in [2.45, 2.75) is 37.7 Å². The summed E-state index contributed by atoms with van der Waals surface area (Å²) in [6, 6.07) is 0. The van der Waals surface area contributed by atoms with Gasteiger partial charge in [0.25, 0.3) is 0 Å². The molecule has 14 heavy (non-hydrogen) atoms. The zero-order valence-electron chi connectivity index (χ0n) is 8.70. The van der Waals surface area contributed by atoms with E-state index in [4.69, 9.17) is 5.11 Å². The molecule has 4 nitrogen and oxygen atoms in total. The Morgan fingerprint density at radius 2 is 1.93 bits per heavy atom. The topological polar surface area (TPSA) is 60.8 Å². The van der Waals surface area contributed by atoms with Gasteiger partial charge >= 0.3 is 5.97 Å². The quantitative estimate of drug-likeness (QED) is 0.703. The molecule has 82 valence electrons. The van der Waals surface area contributed by atoms with E-state index in [2.05, 4.69) is 0 Å². The predicted octanol–water partition coefficient (Wildman–Crippen LogP) is 0.698. The highest BCUT2D eigenvalue weighted by Gasteiger charge is 2.30. The van der Waals surface area contributed by atoms with Gasteiger partial charge < -0.3 is 10.2 Å². The Morgan fingerprint density at radius 1 is 1.36 bits per heavy atom. The van der Waals surface area contributed by atoms with Crippen molar-refractivity contribution < 1.29 is 15.0 Å². The van der Waals surface area contributed by atoms with E-state index in [1.807, 2.05) is 0 Å². The molecule has 1 rings (SSSR count). The molecule has 0 aromatic rings. The minimum absolute atomic E-state index is 0.00229. The van der Waals surface area contributed by atoms with Gasteiger partial charge in [-0.25, -0.2) is 0 Å². The lowest BCUT2D eigenvalue weighted by atomic mass is 9.84. The zero-order valence-corrected chi connectivity index (χ0v) is 8.70. The largest absolute Gasteiger partial charge is 0.480 e. The fraction of sp³-hybridized carbons (Fsp3) is 0.900. The van der Waals surface area contributed by atoms with Crippen LogP contribution in [0.15, 0.2) is 0 Å². The molecule has 0 aliphatic heterocycles. The summed E-state index contributed by atoms with van der Waals surface area (Å²) < 4.78 is 0. The van der Waals surface area contributed by atoms with Gasteiger partial charge in [0, 0.05) is 6.54 Å². The molecule has 0 unspecified atom stereocenters. The van der Waals surface area contributed by atoms with Crippen molar-refractivity contribution in [2.24, 2.45) is 0 Å². The smallest absolute Gasteiger partial charge is 0.317 e. The third-order valence-corrected chi connectivity index (χ3v) is 2.75. The molecule has 1 saturated carbocycles. The van der Waals surface area contributed by atoms with E-state index >= 15 is 0 Å². The second kappa shape index (κ2) is 4.75. The Balaban J connectivity index is 2.36. The molecular formula is C10H19NO3. The van der Waals surface area contributed by atoms with Crippen LogP contribution in [0.4, 0.5) is 0 Å². The van der Waals surface area contributed by atoms with Gasteiger partial charge in [-0.1, -0.05) is 19.3 Å². The number of aliphatic hydroxyl groups is 1. The summed E-state index contributed by atoms with van der Waals surface area (Å²) in [6.07, 6.45) is 4.90. The molecule has 1 aliphatic carbocycles. The third-order valence-electron chi connectivity index (χ3n) is 2.75. The number of hydrogen-bond donors (Lipinski definition) is 2. The molecule has 0 bridgehead atoms. The van der Waals surface area contributed by atoms with E-state index in [1.54, 1.807) is 11.9 Å². The molecule has 0 atom stereocenters. The van der Waals surface area contributed by atoms with Gasteiger partial charge in [0.05, 0.1) is 12.1 Å². The summed E-state index contributed by atoms with van der Waals surface area (Å²) in [7, 11) is 1.74. The molecule has 0 spiro atoms. The standard InChI is InChI=1S/C10H19NO3/c1-11(7-9(12)13)8-10(14)5-3-2-4-6-10/h14H,2-8H2,1H3,(H,12,13). The summed E-state index contributed by atoms with van der Waals surface area (Å²) in [4.78, 5) is 12.1. The number of carboxylic acid groups (broad SMARTS) is 1. The first-order valence-electron chi connectivity index (χ1n) is 5.15. The maximum absolute atomic E-state index is 10.4. The zero-order chi connectivity index (χ0) is 10.6. The second-order valence-corrected chi connectivity index (χ2v) is 4.35. The summed E-state index contributed by atoms with van der Waals surface area (Å²) in [5, 5.41) is 18.7. The molecule has 0 heterocycles. The van der Waals surface area contributed by atoms with Crippen molar-refractivity contribution in [1.82, 2.24) is 4.90 Å². The average Bonchev–Trinajstić information content (AvgIpc) is 2.02. The fourth-order valence-corrected chi connectivity index (χ4v) is 2.16. The molecule has 1 aliphatic rings. The van der Waals surface area contributed by atoms with Crippen molar-refractivity contribution in [3.05, 3.63) is 0 Å². The highest BCUT2D eigenvalue weighted by Crippen LogP contribution is 2.28. The van der Waals surface area contributed by atoms with Crippen LogP contribution in [0, 0.1) is 0 Å². The molecule has 1 fully saturated rings.